The van der Waals surface area contributed by atoms with E-state index < -0.39 is 0 Å². The monoisotopic (exact) mass is 255 g/mol. The molecule has 106 valence electrons. The fraction of sp³-hybridized carbons (Fsp3) is 1.00. The molecular formula is C15H29NO2. The van der Waals surface area contributed by atoms with Gasteiger partial charge in [-0.1, -0.05) is 26.2 Å². The summed E-state index contributed by atoms with van der Waals surface area (Å²) in [5.41, 5.74) is 0. The molecule has 0 bridgehead atoms. The molecule has 1 aliphatic heterocycles. The van der Waals surface area contributed by atoms with E-state index in [0.29, 0.717) is 18.1 Å². The molecule has 2 aliphatic rings. The van der Waals surface area contributed by atoms with Crippen molar-refractivity contribution in [2.24, 2.45) is 5.92 Å². The Bertz CT molecular complexity index is 217. The fourth-order valence-corrected chi connectivity index (χ4v) is 3.02. The van der Waals surface area contributed by atoms with Crippen LogP contribution < -0.4 is 5.32 Å². The minimum absolute atomic E-state index is 0.556. The van der Waals surface area contributed by atoms with Gasteiger partial charge in [-0.2, -0.15) is 0 Å². The third kappa shape index (κ3) is 4.87. The maximum absolute atomic E-state index is 5.93. The van der Waals surface area contributed by atoms with Crippen molar-refractivity contribution in [3.8, 4) is 0 Å². The molecule has 3 heteroatoms. The largest absolute Gasteiger partial charge is 0.381 e. The van der Waals surface area contributed by atoms with Gasteiger partial charge in [-0.15, -0.1) is 0 Å². The van der Waals surface area contributed by atoms with Crippen molar-refractivity contribution in [2.45, 2.75) is 64.0 Å². The molecule has 18 heavy (non-hydrogen) atoms. The minimum atomic E-state index is 0.556. The van der Waals surface area contributed by atoms with Crippen LogP contribution in [-0.2, 0) is 9.47 Å². The number of ether oxygens (including phenoxy) is 2. The lowest BCUT2D eigenvalue weighted by atomic mass is 9.97. The van der Waals surface area contributed by atoms with E-state index in [1.807, 2.05) is 0 Å². The van der Waals surface area contributed by atoms with Crippen molar-refractivity contribution in [3.63, 3.8) is 0 Å². The Morgan fingerprint density at radius 2 is 2.00 bits per heavy atom. The number of hydrogen-bond acceptors (Lipinski definition) is 3. The Labute approximate surface area is 112 Å². The number of hydrogen-bond donors (Lipinski definition) is 1. The summed E-state index contributed by atoms with van der Waals surface area (Å²) in [6.45, 7) is 6.11. The molecule has 2 unspecified atom stereocenters. The Morgan fingerprint density at radius 1 is 1.17 bits per heavy atom. The Kier molecular flexibility index (Phi) is 6.46. The molecule has 0 aromatic heterocycles. The summed E-state index contributed by atoms with van der Waals surface area (Å²) in [5, 5.41) is 3.65. The quantitative estimate of drug-likeness (QED) is 0.740. The van der Waals surface area contributed by atoms with E-state index in [0.717, 1.165) is 39.2 Å². The van der Waals surface area contributed by atoms with E-state index in [1.54, 1.807) is 0 Å². The molecule has 1 saturated heterocycles. The van der Waals surface area contributed by atoms with E-state index in [-0.39, 0.29) is 0 Å². The maximum atomic E-state index is 5.93. The van der Waals surface area contributed by atoms with Crippen LogP contribution in [0.4, 0.5) is 0 Å². The second-order valence-corrected chi connectivity index (χ2v) is 5.89. The first-order chi connectivity index (χ1) is 8.86. The highest BCUT2D eigenvalue weighted by Gasteiger charge is 2.20. The van der Waals surface area contributed by atoms with Gasteiger partial charge in [0.1, 0.15) is 0 Å². The van der Waals surface area contributed by atoms with Gasteiger partial charge in [-0.05, 0) is 38.1 Å². The average Bonchev–Trinajstić information content (AvgIpc) is 2.42. The lowest BCUT2D eigenvalue weighted by molar-refractivity contribution is 0.0228. The van der Waals surface area contributed by atoms with Crippen LogP contribution in [0, 0.1) is 5.92 Å². The molecule has 0 radical (unpaired) electrons. The predicted octanol–water partition coefficient (Wildman–Crippen LogP) is 2.74. The van der Waals surface area contributed by atoms with Gasteiger partial charge >= 0.3 is 0 Å². The molecule has 3 nitrogen and oxygen atoms in total. The van der Waals surface area contributed by atoms with E-state index >= 15 is 0 Å². The zero-order chi connectivity index (χ0) is 12.6. The average molecular weight is 255 g/mol. The lowest BCUT2D eigenvalue weighted by Gasteiger charge is -2.30. The molecule has 1 saturated carbocycles. The third-order valence-corrected chi connectivity index (χ3v) is 4.27. The zero-order valence-electron chi connectivity index (χ0n) is 11.8. The molecule has 0 aromatic carbocycles. The molecule has 2 rings (SSSR count). The van der Waals surface area contributed by atoms with Gasteiger partial charge in [0.05, 0.1) is 12.7 Å². The van der Waals surface area contributed by atoms with Gasteiger partial charge in [0, 0.05) is 19.3 Å². The van der Waals surface area contributed by atoms with Crippen LogP contribution in [0.2, 0.25) is 0 Å². The molecule has 1 heterocycles. The van der Waals surface area contributed by atoms with Crippen LogP contribution in [0.15, 0.2) is 0 Å². The summed E-state index contributed by atoms with van der Waals surface area (Å²) < 4.78 is 11.4. The van der Waals surface area contributed by atoms with Crippen molar-refractivity contribution < 1.29 is 9.47 Å². The minimum Gasteiger partial charge on any atom is -0.381 e. The summed E-state index contributed by atoms with van der Waals surface area (Å²) in [5.74, 6) is 0.651. The Morgan fingerprint density at radius 3 is 2.78 bits per heavy atom. The van der Waals surface area contributed by atoms with Gasteiger partial charge in [-0.25, -0.2) is 0 Å². The predicted molar refractivity (Wildman–Crippen MR) is 73.8 cm³/mol. The van der Waals surface area contributed by atoms with Crippen molar-refractivity contribution in [1.82, 2.24) is 5.32 Å². The Balaban J connectivity index is 1.47. The first-order valence-electron chi connectivity index (χ1n) is 7.79. The van der Waals surface area contributed by atoms with Crippen molar-refractivity contribution in [1.29, 1.82) is 0 Å². The smallest absolute Gasteiger partial charge is 0.0575 e. The zero-order valence-corrected chi connectivity index (χ0v) is 11.8. The highest BCUT2D eigenvalue weighted by molar-refractivity contribution is 4.76. The second-order valence-electron chi connectivity index (χ2n) is 5.89. The molecule has 0 amide bonds. The van der Waals surface area contributed by atoms with E-state index in [4.69, 9.17) is 9.47 Å². The highest BCUT2D eigenvalue weighted by Crippen LogP contribution is 2.20. The summed E-state index contributed by atoms with van der Waals surface area (Å²) in [7, 11) is 0. The van der Waals surface area contributed by atoms with Crippen LogP contribution in [-0.4, -0.2) is 38.5 Å². The third-order valence-electron chi connectivity index (χ3n) is 4.27. The summed E-state index contributed by atoms with van der Waals surface area (Å²) in [4.78, 5) is 0. The SMILES string of the molecule is CC1COCCC1NCCCOC1CCCCC1. The standard InChI is InChI=1S/C15H29NO2/c1-13-12-17-11-8-15(13)16-9-5-10-18-14-6-3-2-4-7-14/h13-16H,2-12H2,1H3. The molecule has 0 aromatic rings. The molecule has 2 atom stereocenters. The fourth-order valence-electron chi connectivity index (χ4n) is 3.02. The van der Waals surface area contributed by atoms with E-state index in [1.165, 1.54) is 32.1 Å². The molecule has 2 fully saturated rings. The summed E-state index contributed by atoms with van der Waals surface area (Å²) >= 11 is 0. The van der Waals surface area contributed by atoms with Crippen molar-refractivity contribution in [2.75, 3.05) is 26.4 Å². The van der Waals surface area contributed by atoms with Gasteiger partial charge in [0.25, 0.3) is 0 Å². The van der Waals surface area contributed by atoms with Gasteiger partial charge in [0.2, 0.25) is 0 Å². The number of rotatable bonds is 6. The van der Waals surface area contributed by atoms with Crippen LogP contribution in [0.1, 0.15) is 51.9 Å². The van der Waals surface area contributed by atoms with Crippen LogP contribution in [0.3, 0.4) is 0 Å². The van der Waals surface area contributed by atoms with Crippen LogP contribution in [0.5, 0.6) is 0 Å². The van der Waals surface area contributed by atoms with E-state index in [9.17, 15) is 0 Å². The van der Waals surface area contributed by atoms with Crippen molar-refractivity contribution >= 4 is 0 Å². The molecule has 1 aliphatic carbocycles. The number of nitrogens with one attached hydrogen (secondary N) is 1. The highest BCUT2D eigenvalue weighted by atomic mass is 16.5. The first-order valence-corrected chi connectivity index (χ1v) is 7.79. The molecule has 1 N–H and O–H groups in total. The molecule has 0 spiro atoms. The topological polar surface area (TPSA) is 30.5 Å². The van der Waals surface area contributed by atoms with Crippen LogP contribution >= 0.6 is 0 Å². The second kappa shape index (κ2) is 8.13. The Hall–Kier alpha value is -0.120. The normalized spacial score (nSPS) is 30.5. The summed E-state index contributed by atoms with van der Waals surface area (Å²) in [6.07, 6.45) is 9.55. The van der Waals surface area contributed by atoms with Crippen molar-refractivity contribution in [3.05, 3.63) is 0 Å². The van der Waals surface area contributed by atoms with Gasteiger partial charge < -0.3 is 14.8 Å². The molecular weight excluding hydrogens is 226 g/mol. The maximum Gasteiger partial charge on any atom is 0.0575 e. The lowest BCUT2D eigenvalue weighted by Crippen LogP contribution is -2.42. The van der Waals surface area contributed by atoms with E-state index in [2.05, 4.69) is 12.2 Å². The van der Waals surface area contributed by atoms with Gasteiger partial charge in [-0.3, -0.25) is 0 Å². The summed E-state index contributed by atoms with van der Waals surface area (Å²) in [6, 6.07) is 0.647. The van der Waals surface area contributed by atoms with Gasteiger partial charge in [0.15, 0.2) is 0 Å². The first kappa shape index (κ1) is 14.3. The van der Waals surface area contributed by atoms with Crippen LogP contribution in [0.25, 0.3) is 0 Å².